The van der Waals surface area contributed by atoms with Crippen molar-refractivity contribution in [2.75, 3.05) is 13.2 Å². The quantitative estimate of drug-likeness (QED) is 0.152. The van der Waals surface area contributed by atoms with Crippen LogP contribution in [0.3, 0.4) is 0 Å². The molecule has 0 aliphatic carbocycles. The summed E-state index contributed by atoms with van der Waals surface area (Å²) in [6.07, 6.45) is 7.67. The molecule has 0 saturated heterocycles. The maximum atomic E-state index is 9.28. The third-order valence-corrected chi connectivity index (χ3v) is 0.907. The van der Waals surface area contributed by atoms with E-state index in [1.165, 1.54) is 12.2 Å². The van der Waals surface area contributed by atoms with Crippen LogP contribution in [0, 0.1) is 12.3 Å². The summed E-state index contributed by atoms with van der Waals surface area (Å²) in [7, 11) is 0. The molecule has 0 saturated carbocycles. The van der Waals surface area contributed by atoms with E-state index in [1.807, 2.05) is 0 Å². The fraction of sp³-hybridized carbons (Fsp3) is 0.391. The summed E-state index contributed by atoms with van der Waals surface area (Å²) in [6, 6.07) is 0. The third-order valence-electron chi connectivity index (χ3n) is 0.907. The van der Waals surface area contributed by atoms with Crippen LogP contribution >= 0.6 is 0 Å². The van der Waals surface area contributed by atoms with E-state index in [0.717, 1.165) is 0 Å². The molecule has 0 aromatic rings. The van der Waals surface area contributed by atoms with E-state index < -0.39 is 0 Å². The monoisotopic (exact) mass is 532 g/mol. The zero-order valence-electron chi connectivity index (χ0n) is 20.2. The molecular formula is C23H38O8Zr-4. The number of allylic oxidation sites excluding steroid dienone is 3. The van der Waals surface area contributed by atoms with Crippen molar-refractivity contribution >= 4 is 18.9 Å². The topological polar surface area (TPSA) is 127 Å². The van der Waals surface area contributed by atoms with Gasteiger partial charge in [0.25, 0.3) is 0 Å². The number of hydrogen-bond acceptors (Lipinski definition) is 8. The standard InChI is InChI=1S/C5H11.3C4H5O.2C3H6O2.O.Zr/c1-5(2,3)4;3*1-4(2)3-5;2*1-2-3-5-4;;/h1H2,2-4H3;3*1H2,2H3;2*2,4H,1,3H2;;/q4*-1;;;;. The Morgan fingerprint density at radius 1 is 0.812 bits per heavy atom. The third kappa shape index (κ3) is 309. The van der Waals surface area contributed by atoms with Crippen LogP contribution in [0.25, 0.3) is 0 Å². The van der Waals surface area contributed by atoms with Crippen molar-refractivity contribution in [1.29, 1.82) is 0 Å². The Labute approximate surface area is 209 Å². The Morgan fingerprint density at radius 3 is 0.938 bits per heavy atom. The van der Waals surface area contributed by atoms with E-state index in [-0.39, 0.29) is 18.6 Å². The van der Waals surface area contributed by atoms with Crippen LogP contribution < -0.4 is 0 Å². The van der Waals surface area contributed by atoms with Crippen LogP contribution in [0.5, 0.6) is 0 Å². The van der Waals surface area contributed by atoms with Gasteiger partial charge >= 0.3 is 27.5 Å². The second kappa shape index (κ2) is 47.1. The summed E-state index contributed by atoms with van der Waals surface area (Å²) in [5.74, 6) is 0. The molecule has 0 bridgehead atoms. The summed E-state index contributed by atoms with van der Waals surface area (Å²) in [5, 5.41) is 15.0. The minimum absolute atomic E-state index is 0.208. The molecule has 2 N–H and O–H groups in total. The van der Waals surface area contributed by atoms with Crippen LogP contribution in [0.2, 0.25) is 0 Å². The summed E-state index contributed by atoms with van der Waals surface area (Å²) >= 11 is 0.300. The molecule has 0 unspecified atom stereocenters. The molecule has 186 valence electrons. The Bertz CT molecular complexity index is 422. The van der Waals surface area contributed by atoms with Crippen LogP contribution in [-0.4, -0.2) is 42.6 Å². The van der Waals surface area contributed by atoms with Gasteiger partial charge in [-0.3, -0.25) is 10.5 Å². The van der Waals surface area contributed by atoms with Gasteiger partial charge in [0, 0.05) is 0 Å². The molecule has 0 atom stereocenters. The molecule has 0 aliphatic heterocycles. The number of rotatable bonds is 7. The van der Waals surface area contributed by atoms with Crippen molar-refractivity contribution < 1.29 is 62.2 Å². The van der Waals surface area contributed by atoms with E-state index in [4.69, 9.17) is 13.3 Å². The summed E-state index contributed by atoms with van der Waals surface area (Å²) in [5.41, 5.74) is 1.60. The summed E-state index contributed by atoms with van der Waals surface area (Å²) < 4.78 is 8.34. The van der Waals surface area contributed by atoms with Crippen LogP contribution in [0.1, 0.15) is 41.5 Å². The van der Waals surface area contributed by atoms with Gasteiger partial charge in [-0.05, 0) is 18.9 Å². The van der Waals surface area contributed by atoms with Crippen molar-refractivity contribution in [1.82, 2.24) is 0 Å². The molecule has 0 amide bonds. The molecule has 0 heterocycles. The molecule has 8 nitrogen and oxygen atoms in total. The normalized spacial score (nSPS) is 7.38. The van der Waals surface area contributed by atoms with Gasteiger partial charge < -0.3 is 21.3 Å². The zero-order valence-corrected chi connectivity index (χ0v) is 22.6. The van der Waals surface area contributed by atoms with Gasteiger partial charge in [-0.2, -0.15) is 22.1 Å². The van der Waals surface area contributed by atoms with Crippen molar-refractivity contribution in [3.05, 3.63) is 68.7 Å². The molecule has 32 heavy (non-hydrogen) atoms. The van der Waals surface area contributed by atoms with Gasteiger partial charge in [-0.15, -0.1) is 13.2 Å². The van der Waals surface area contributed by atoms with E-state index >= 15 is 0 Å². The molecule has 0 spiro atoms. The minimum atomic E-state index is 0.208. The molecule has 0 aliphatic rings. The average Bonchev–Trinajstić information content (AvgIpc) is 2.71. The molecule has 0 aromatic heterocycles. The van der Waals surface area contributed by atoms with E-state index in [9.17, 15) is 14.4 Å². The van der Waals surface area contributed by atoms with E-state index in [1.54, 1.807) is 39.6 Å². The second-order valence-corrected chi connectivity index (χ2v) is 6.38. The predicted octanol–water partition coefficient (Wildman–Crippen LogP) is 5.09. The van der Waals surface area contributed by atoms with Crippen LogP contribution in [0.15, 0.2) is 61.8 Å². The molecule has 0 rings (SSSR count). The van der Waals surface area contributed by atoms with Gasteiger partial charge in [0.05, 0.1) is 13.2 Å². The van der Waals surface area contributed by atoms with Crippen molar-refractivity contribution in [3.8, 4) is 0 Å². The predicted molar refractivity (Wildman–Crippen MR) is 125 cm³/mol. The van der Waals surface area contributed by atoms with Gasteiger partial charge in [-0.1, -0.05) is 53.7 Å². The van der Waals surface area contributed by atoms with Crippen molar-refractivity contribution in [2.24, 2.45) is 5.41 Å². The number of hydrogen-bond donors (Lipinski definition) is 2. The van der Waals surface area contributed by atoms with E-state index in [0.29, 0.717) is 41.4 Å². The van der Waals surface area contributed by atoms with Crippen LogP contribution in [0.4, 0.5) is 0 Å². The second-order valence-electron chi connectivity index (χ2n) is 6.38. The van der Waals surface area contributed by atoms with Crippen LogP contribution in [-0.2, 0) is 51.7 Å². The van der Waals surface area contributed by atoms with Gasteiger partial charge in [0.1, 0.15) is 0 Å². The average molecular weight is 534 g/mol. The Hall–Kier alpha value is -1.77. The molecular weight excluding hydrogens is 495 g/mol. The Balaban J connectivity index is -0.0000000461. The summed E-state index contributed by atoms with van der Waals surface area (Å²) in [6.45, 7) is 31.5. The first-order valence-corrected chi connectivity index (χ1v) is 9.56. The fourth-order valence-electron chi connectivity index (χ4n) is 0.105. The fourth-order valence-corrected chi connectivity index (χ4v) is 0.105. The van der Waals surface area contributed by atoms with Gasteiger partial charge in [0.2, 0.25) is 0 Å². The van der Waals surface area contributed by atoms with Gasteiger partial charge in [0.15, 0.2) is 0 Å². The maximum absolute atomic E-state index is 9.28. The van der Waals surface area contributed by atoms with Crippen molar-refractivity contribution in [3.63, 3.8) is 0 Å². The molecule has 0 radical (unpaired) electrons. The summed E-state index contributed by atoms with van der Waals surface area (Å²) in [4.78, 5) is 35.0. The SMILES string of the molecule is C=C(C)[C-]=O.C=C(C)[C-]=O.C=C(C)[C-]=O.C=CCOO.C=CCOO.[CH2-]C(C)(C)C.[O]=[Zr]. The first-order valence-electron chi connectivity index (χ1n) is 8.56. The zero-order chi connectivity index (χ0) is 27.6. The molecule has 0 fully saturated rings. The van der Waals surface area contributed by atoms with Gasteiger partial charge in [-0.25, -0.2) is 29.5 Å². The first-order chi connectivity index (χ1) is 14.6. The first kappa shape index (κ1) is 47.9. The Morgan fingerprint density at radius 2 is 0.938 bits per heavy atom. The van der Waals surface area contributed by atoms with Crippen molar-refractivity contribution in [2.45, 2.75) is 41.5 Å². The Kier molecular flexibility index (Phi) is 70.5. The number of carbonyl (C=O) groups excluding carboxylic acids is 3. The molecule has 0 aromatic carbocycles. The van der Waals surface area contributed by atoms with E-state index in [2.05, 4.69) is 70.4 Å². The molecule has 9 heteroatoms.